The highest BCUT2D eigenvalue weighted by atomic mass is 35.5. The van der Waals surface area contributed by atoms with E-state index in [1.165, 1.54) is 6.08 Å². The van der Waals surface area contributed by atoms with Gasteiger partial charge in [0.1, 0.15) is 0 Å². The van der Waals surface area contributed by atoms with Crippen LogP contribution in [0, 0.1) is 22.7 Å². The summed E-state index contributed by atoms with van der Waals surface area (Å²) in [6.45, 7) is 5.56. The third kappa shape index (κ3) is 3.22. The van der Waals surface area contributed by atoms with Crippen molar-refractivity contribution in [3.8, 4) is 0 Å². The molecule has 7 atom stereocenters. The summed E-state index contributed by atoms with van der Waals surface area (Å²) in [5, 5.41) is 11.6. The SMILES string of the molecule is CCOC(=O)O[C@]1(C(=O)OCCl)CC[C@H]2[C@@H]3CCC4=CC(=O)C=C[C@]4(C)[C@@]3(Cl)[C@@H](O)C[C@@]21C. The first kappa shape index (κ1) is 24.6. The molecular weight excluding hydrogens is 471 g/mol. The number of ketones is 1. The molecule has 7 nitrogen and oxygen atoms in total. The number of hydrogen-bond acceptors (Lipinski definition) is 7. The fraction of sp³-hybridized carbons (Fsp3) is 0.708. The van der Waals surface area contributed by atoms with Gasteiger partial charge in [0.2, 0.25) is 5.60 Å². The van der Waals surface area contributed by atoms with E-state index in [0.29, 0.717) is 19.3 Å². The van der Waals surface area contributed by atoms with Crippen LogP contribution in [0.5, 0.6) is 0 Å². The number of allylic oxidation sites excluding steroid dienone is 4. The third-order valence-electron chi connectivity index (χ3n) is 8.80. The van der Waals surface area contributed by atoms with Crippen molar-refractivity contribution >= 4 is 41.1 Å². The smallest absolute Gasteiger partial charge is 0.446 e. The van der Waals surface area contributed by atoms with Gasteiger partial charge in [-0.2, -0.15) is 0 Å². The summed E-state index contributed by atoms with van der Waals surface area (Å²) in [4.78, 5) is 36.6. The van der Waals surface area contributed by atoms with Crippen molar-refractivity contribution in [2.45, 2.75) is 69.5 Å². The second kappa shape index (κ2) is 8.28. The molecule has 182 valence electrons. The predicted octanol–water partition coefficient (Wildman–Crippen LogP) is 4.28. The number of carbonyl (C=O) groups is 3. The Hall–Kier alpha value is -1.57. The summed E-state index contributed by atoms with van der Waals surface area (Å²) < 4.78 is 15.9. The minimum absolute atomic E-state index is 0.0807. The van der Waals surface area contributed by atoms with Gasteiger partial charge in [-0.05, 0) is 63.0 Å². The van der Waals surface area contributed by atoms with Gasteiger partial charge in [-0.3, -0.25) is 4.79 Å². The number of fused-ring (bicyclic) bond motifs is 5. The number of ether oxygens (including phenoxy) is 3. The molecule has 0 bridgehead atoms. The molecule has 0 amide bonds. The van der Waals surface area contributed by atoms with Gasteiger partial charge in [0.15, 0.2) is 11.8 Å². The average Bonchev–Trinajstić information content (AvgIpc) is 3.03. The molecule has 9 heteroatoms. The van der Waals surface area contributed by atoms with Crippen LogP contribution < -0.4 is 0 Å². The first-order chi connectivity index (χ1) is 15.5. The lowest BCUT2D eigenvalue weighted by Crippen LogP contribution is -2.69. The Kier molecular flexibility index (Phi) is 6.16. The van der Waals surface area contributed by atoms with Crippen molar-refractivity contribution in [1.29, 1.82) is 0 Å². The maximum Gasteiger partial charge on any atom is 0.509 e. The first-order valence-corrected chi connectivity index (χ1v) is 12.3. The van der Waals surface area contributed by atoms with Crippen LogP contribution in [0.3, 0.4) is 0 Å². The Balaban J connectivity index is 1.78. The summed E-state index contributed by atoms with van der Waals surface area (Å²) in [6.07, 6.45) is 5.13. The van der Waals surface area contributed by atoms with Crippen LogP contribution in [0.1, 0.15) is 52.9 Å². The molecule has 4 aliphatic rings. The Labute approximate surface area is 203 Å². The molecule has 0 spiro atoms. The Morgan fingerprint density at radius 2 is 1.94 bits per heavy atom. The molecule has 0 aliphatic heterocycles. The van der Waals surface area contributed by atoms with Gasteiger partial charge in [-0.15, -0.1) is 11.6 Å². The normalized spacial score (nSPS) is 43.6. The van der Waals surface area contributed by atoms with E-state index < -0.39 is 39.5 Å². The number of aliphatic hydroxyl groups excluding tert-OH is 1. The maximum absolute atomic E-state index is 13.2. The molecule has 1 N–H and O–H groups in total. The van der Waals surface area contributed by atoms with E-state index in [0.717, 1.165) is 5.57 Å². The fourth-order valence-corrected chi connectivity index (χ4v) is 7.82. The minimum Gasteiger partial charge on any atom is -0.446 e. The monoisotopic (exact) mass is 500 g/mol. The van der Waals surface area contributed by atoms with Gasteiger partial charge in [-0.25, -0.2) is 9.59 Å². The highest BCUT2D eigenvalue weighted by Gasteiger charge is 2.75. The summed E-state index contributed by atoms with van der Waals surface area (Å²) in [6, 6.07) is -0.385. The number of hydrogen-bond donors (Lipinski definition) is 1. The minimum atomic E-state index is -1.65. The van der Waals surface area contributed by atoms with Crippen LogP contribution in [0.15, 0.2) is 23.8 Å². The zero-order chi connectivity index (χ0) is 24.2. The third-order valence-corrected chi connectivity index (χ3v) is 9.83. The van der Waals surface area contributed by atoms with Crippen molar-refractivity contribution in [1.82, 2.24) is 0 Å². The largest absolute Gasteiger partial charge is 0.509 e. The first-order valence-electron chi connectivity index (χ1n) is 11.4. The lowest BCUT2D eigenvalue weighted by molar-refractivity contribution is -0.196. The van der Waals surface area contributed by atoms with Crippen LogP contribution in [-0.4, -0.2) is 52.3 Å². The molecule has 0 aromatic rings. The second-order valence-corrected chi connectivity index (χ2v) is 10.8. The number of alkyl halides is 2. The Morgan fingerprint density at radius 1 is 1.21 bits per heavy atom. The van der Waals surface area contributed by atoms with E-state index in [2.05, 4.69) is 0 Å². The van der Waals surface area contributed by atoms with Crippen LogP contribution in [-0.2, 0) is 23.8 Å². The summed E-state index contributed by atoms with van der Waals surface area (Å²) >= 11 is 13.1. The molecule has 0 heterocycles. The zero-order valence-corrected chi connectivity index (χ0v) is 20.6. The van der Waals surface area contributed by atoms with Gasteiger partial charge < -0.3 is 19.3 Å². The molecule has 0 aromatic heterocycles. The molecule has 4 rings (SSSR count). The van der Waals surface area contributed by atoms with E-state index in [4.69, 9.17) is 37.4 Å². The Morgan fingerprint density at radius 3 is 2.61 bits per heavy atom. The van der Waals surface area contributed by atoms with Crippen molar-refractivity contribution in [2.75, 3.05) is 12.7 Å². The van der Waals surface area contributed by atoms with Crippen molar-refractivity contribution in [3.63, 3.8) is 0 Å². The molecule has 0 aromatic carbocycles. The summed E-state index contributed by atoms with van der Waals surface area (Å²) in [5.41, 5.74) is -2.39. The lowest BCUT2D eigenvalue weighted by Gasteiger charge is -2.63. The Bertz CT molecular complexity index is 932. The van der Waals surface area contributed by atoms with E-state index in [1.54, 1.807) is 13.0 Å². The van der Waals surface area contributed by atoms with Gasteiger partial charge >= 0.3 is 12.1 Å². The van der Waals surface area contributed by atoms with Crippen LogP contribution >= 0.6 is 23.2 Å². The van der Waals surface area contributed by atoms with Crippen LogP contribution in [0.4, 0.5) is 4.79 Å². The van der Waals surface area contributed by atoms with E-state index in [9.17, 15) is 19.5 Å². The molecule has 0 unspecified atom stereocenters. The molecule has 33 heavy (non-hydrogen) atoms. The van der Waals surface area contributed by atoms with E-state index in [-0.39, 0.29) is 43.1 Å². The van der Waals surface area contributed by atoms with E-state index >= 15 is 0 Å². The van der Waals surface area contributed by atoms with Crippen molar-refractivity contribution < 1.29 is 33.7 Å². The quantitative estimate of drug-likeness (QED) is 0.454. The summed E-state index contributed by atoms with van der Waals surface area (Å²) in [7, 11) is 0. The fourth-order valence-electron chi connectivity index (χ4n) is 7.20. The number of esters is 1. The van der Waals surface area contributed by atoms with Crippen LogP contribution in [0.2, 0.25) is 0 Å². The van der Waals surface area contributed by atoms with Gasteiger partial charge in [-0.1, -0.05) is 37.1 Å². The van der Waals surface area contributed by atoms with Gasteiger partial charge in [0.05, 0.1) is 17.6 Å². The van der Waals surface area contributed by atoms with E-state index in [1.807, 2.05) is 19.9 Å². The summed E-state index contributed by atoms with van der Waals surface area (Å²) in [5.74, 6) is -1.15. The van der Waals surface area contributed by atoms with Crippen LogP contribution in [0.25, 0.3) is 0 Å². The molecule has 3 fully saturated rings. The maximum atomic E-state index is 13.2. The number of carbonyl (C=O) groups excluding carboxylic acids is 3. The predicted molar refractivity (Wildman–Crippen MR) is 121 cm³/mol. The van der Waals surface area contributed by atoms with Crippen molar-refractivity contribution in [2.24, 2.45) is 22.7 Å². The number of rotatable bonds is 4. The zero-order valence-electron chi connectivity index (χ0n) is 19.1. The van der Waals surface area contributed by atoms with Gasteiger partial charge in [0, 0.05) is 10.8 Å². The highest BCUT2D eigenvalue weighted by Crippen LogP contribution is 2.71. The standard InChI is InChI=1S/C24H30Cl2O7/c1-4-31-20(30)33-23(19(29)32-13-25)10-8-16-17-6-5-14-11-15(27)7-9-21(14,2)24(17,26)18(28)12-22(16,23)3/h7,9,11,16-18,28H,4-6,8,10,12-13H2,1-3H3/t16-,17-,18-,21-,22-,23-,24-/m0/s1. The molecule has 0 saturated heterocycles. The lowest BCUT2D eigenvalue weighted by atomic mass is 9.46. The number of halogens is 2. The average molecular weight is 501 g/mol. The molecular formula is C24H30Cl2O7. The van der Waals surface area contributed by atoms with Gasteiger partial charge in [0.25, 0.3) is 0 Å². The second-order valence-electron chi connectivity index (χ2n) is 9.96. The molecule has 4 aliphatic carbocycles. The molecule has 3 saturated carbocycles. The highest BCUT2D eigenvalue weighted by molar-refractivity contribution is 6.26. The molecule has 0 radical (unpaired) electrons. The van der Waals surface area contributed by atoms with Crippen molar-refractivity contribution in [3.05, 3.63) is 23.8 Å². The number of aliphatic hydroxyl groups is 1. The topological polar surface area (TPSA) is 99.1 Å².